The minimum atomic E-state index is -0.874. The summed E-state index contributed by atoms with van der Waals surface area (Å²) in [6.45, 7) is 8.62. The average Bonchev–Trinajstić information content (AvgIpc) is 2.42. The van der Waals surface area contributed by atoms with Crippen LogP contribution in [0.1, 0.15) is 43.1 Å². The van der Waals surface area contributed by atoms with Crippen molar-refractivity contribution in [1.82, 2.24) is 4.90 Å². The first-order chi connectivity index (χ1) is 9.81. The van der Waals surface area contributed by atoms with E-state index in [0.717, 1.165) is 12.0 Å². The van der Waals surface area contributed by atoms with Crippen LogP contribution in [-0.4, -0.2) is 35.0 Å². The van der Waals surface area contributed by atoms with Gasteiger partial charge in [0.15, 0.2) is 0 Å². The zero-order chi connectivity index (χ0) is 16.0. The molecule has 1 N–H and O–H groups in total. The highest BCUT2D eigenvalue weighted by atomic mass is 16.4. The highest BCUT2D eigenvalue weighted by Gasteiger charge is 2.21. The van der Waals surface area contributed by atoms with Crippen molar-refractivity contribution in [3.63, 3.8) is 0 Å². The van der Waals surface area contributed by atoms with Gasteiger partial charge in [0.25, 0.3) is 5.91 Å². The van der Waals surface area contributed by atoms with E-state index >= 15 is 0 Å². The van der Waals surface area contributed by atoms with E-state index in [4.69, 9.17) is 5.11 Å². The third-order valence-electron chi connectivity index (χ3n) is 3.48. The fourth-order valence-corrected chi connectivity index (χ4v) is 1.98. The summed E-state index contributed by atoms with van der Waals surface area (Å²) in [5.41, 5.74) is 1.71. The molecule has 0 aliphatic carbocycles. The second-order valence-electron chi connectivity index (χ2n) is 6.04. The molecule has 0 fully saturated rings. The van der Waals surface area contributed by atoms with E-state index in [9.17, 15) is 9.59 Å². The number of rotatable bonds is 7. The number of carboxylic acid groups (broad SMARTS) is 1. The molecule has 1 atom stereocenters. The van der Waals surface area contributed by atoms with Crippen LogP contribution in [-0.2, 0) is 4.79 Å². The first kappa shape index (κ1) is 17.2. The van der Waals surface area contributed by atoms with Gasteiger partial charge in [0.05, 0.1) is 5.92 Å². The monoisotopic (exact) mass is 291 g/mol. The Balaban J connectivity index is 2.85. The van der Waals surface area contributed by atoms with Crippen molar-refractivity contribution in [2.75, 3.05) is 13.1 Å². The Bertz CT molecular complexity index is 479. The lowest BCUT2D eigenvalue weighted by Crippen LogP contribution is -2.38. The highest BCUT2D eigenvalue weighted by Crippen LogP contribution is 2.12. The van der Waals surface area contributed by atoms with Crippen molar-refractivity contribution in [2.24, 2.45) is 11.8 Å². The minimum absolute atomic E-state index is 0.0937. The molecule has 0 heterocycles. The third kappa shape index (κ3) is 5.58. The molecule has 21 heavy (non-hydrogen) atoms. The summed E-state index contributed by atoms with van der Waals surface area (Å²) in [4.78, 5) is 25.3. The van der Waals surface area contributed by atoms with Crippen LogP contribution in [0.15, 0.2) is 24.3 Å². The van der Waals surface area contributed by atoms with Crippen LogP contribution < -0.4 is 0 Å². The van der Waals surface area contributed by atoms with E-state index in [1.165, 1.54) is 0 Å². The lowest BCUT2D eigenvalue weighted by molar-refractivity contribution is -0.141. The maximum atomic E-state index is 12.6. The predicted octanol–water partition coefficient (Wildman–Crippen LogP) is 3.20. The molecule has 1 aromatic carbocycles. The molecule has 1 amide bonds. The summed E-state index contributed by atoms with van der Waals surface area (Å²) >= 11 is 0. The van der Waals surface area contributed by atoms with Gasteiger partial charge in [-0.25, -0.2) is 0 Å². The van der Waals surface area contributed by atoms with Gasteiger partial charge in [-0.15, -0.1) is 0 Å². The SMILES string of the molecule is Cc1ccc(C(=O)N(CCC(C)C)CC(C)C(=O)O)cc1. The molecular weight excluding hydrogens is 266 g/mol. The molecule has 4 nitrogen and oxygen atoms in total. The number of benzene rings is 1. The number of carboxylic acids is 1. The lowest BCUT2D eigenvalue weighted by atomic mass is 10.1. The average molecular weight is 291 g/mol. The van der Waals surface area contributed by atoms with Gasteiger partial charge in [-0.2, -0.15) is 0 Å². The Labute approximate surface area is 126 Å². The van der Waals surface area contributed by atoms with Crippen LogP contribution in [0.4, 0.5) is 0 Å². The van der Waals surface area contributed by atoms with Crippen molar-refractivity contribution in [2.45, 2.75) is 34.1 Å². The van der Waals surface area contributed by atoms with Crippen LogP contribution in [0.5, 0.6) is 0 Å². The molecule has 4 heteroatoms. The molecule has 1 rings (SSSR count). The molecule has 0 saturated carbocycles. The topological polar surface area (TPSA) is 57.6 Å². The van der Waals surface area contributed by atoms with Crippen LogP contribution in [0.3, 0.4) is 0 Å². The zero-order valence-corrected chi connectivity index (χ0v) is 13.3. The summed E-state index contributed by atoms with van der Waals surface area (Å²) in [5.74, 6) is -1.06. The van der Waals surface area contributed by atoms with Crippen LogP contribution in [0.25, 0.3) is 0 Å². The van der Waals surface area contributed by atoms with E-state index in [1.807, 2.05) is 19.1 Å². The second kappa shape index (κ2) is 7.81. The van der Waals surface area contributed by atoms with Gasteiger partial charge in [0.2, 0.25) is 0 Å². The molecule has 0 aliphatic heterocycles. The molecule has 116 valence electrons. The standard InChI is InChI=1S/C17H25NO3/c1-12(2)9-10-18(11-14(4)17(20)21)16(19)15-7-5-13(3)6-8-15/h5-8,12,14H,9-11H2,1-4H3,(H,20,21). The van der Waals surface area contributed by atoms with Crippen molar-refractivity contribution in [1.29, 1.82) is 0 Å². The van der Waals surface area contributed by atoms with Gasteiger partial charge in [0, 0.05) is 18.7 Å². The Hall–Kier alpha value is -1.84. The second-order valence-corrected chi connectivity index (χ2v) is 6.04. The van der Waals surface area contributed by atoms with Crippen molar-refractivity contribution in [3.8, 4) is 0 Å². The summed E-state index contributed by atoms with van der Waals surface area (Å²) in [7, 11) is 0. The number of hydrogen-bond acceptors (Lipinski definition) is 2. The van der Waals surface area contributed by atoms with Gasteiger partial charge < -0.3 is 10.0 Å². The van der Waals surface area contributed by atoms with Crippen molar-refractivity contribution >= 4 is 11.9 Å². The zero-order valence-electron chi connectivity index (χ0n) is 13.3. The van der Waals surface area contributed by atoms with E-state index in [0.29, 0.717) is 18.0 Å². The molecule has 0 spiro atoms. The smallest absolute Gasteiger partial charge is 0.308 e. The summed E-state index contributed by atoms with van der Waals surface area (Å²) < 4.78 is 0. The fraction of sp³-hybridized carbons (Fsp3) is 0.529. The van der Waals surface area contributed by atoms with Gasteiger partial charge >= 0.3 is 5.97 Å². The first-order valence-electron chi connectivity index (χ1n) is 7.40. The third-order valence-corrected chi connectivity index (χ3v) is 3.48. The number of carbonyl (C=O) groups excluding carboxylic acids is 1. The van der Waals surface area contributed by atoms with Gasteiger partial charge in [-0.3, -0.25) is 9.59 Å². The molecule has 0 radical (unpaired) electrons. The molecule has 0 aromatic heterocycles. The molecule has 1 unspecified atom stereocenters. The maximum absolute atomic E-state index is 12.6. The summed E-state index contributed by atoms with van der Waals surface area (Å²) in [5, 5.41) is 9.06. The Morgan fingerprint density at radius 1 is 1.14 bits per heavy atom. The summed E-state index contributed by atoms with van der Waals surface area (Å²) in [6, 6.07) is 7.39. The van der Waals surface area contributed by atoms with E-state index in [2.05, 4.69) is 13.8 Å². The molecular formula is C17H25NO3. The van der Waals surface area contributed by atoms with Gasteiger partial charge in [-0.05, 0) is 31.4 Å². The normalized spacial score (nSPS) is 12.2. The number of aryl methyl sites for hydroxylation is 1. The predicted molar refractivity (Wildman–Crippen MR) is 83.3 cm³/mol. The van der Waals surface area contributed by atoms with Gasteiger partial charge in [0.1, 0.15) is 0 Å². The van der Waals surface area contributed by atoms with Crippen molar-refractivity contribution < 1.29 is 14.7 Å². The Morgan fingerprint density at radius 3 is 2.19 bits per heavy atom. The molecule has 1 aromatic rings. The Kier molecular flexibility index (Phi) is 6.40. The van der Waals surface area contributed by atoms with E-state index < -0.39 is 11.9 Å². The number of nitrogens with zero attached hydrogens (tertiary/aromatic N) is 1. The number of amides is 1. The maximum Gasteiger partial charge on any atom is 0.308 e. The molecule has 0 bridgehead atoms. The van der Waals surface area contributed by atoms with E-state index in [1.54, 1.807) is 24.0 Å². The highest BCUT2D eigenvalue weighted by molar-refractivity contribution is 5.94. The number of hydrogen-bond donors (Lipinski definition) is 1. The fourth-order valence-electron chi connectivity index (χ4n) is 1.98. The van der Waals surface area contributed by atoms with Crippen LogP contribution in [0.2, 0.25) is 0 Å². The number of carbonyl (C=O) groups is 2. The number of aliphatic carboxylic acids is 1. The largest absolute Gasteiger partial charge is 0.481 e. The van der Waals surface area contributed by atoms with Crippen molar-refractivity contribution in [3.05, 3.63) is 35.4 Å². The Morgan fingerprint density at radius 2 is 1.71 bits per heavy atom. The molecule has 0 aliphatic rings. The first-order valence-corrected chi connectivity index (χ1v) is 7.40. The van der Waals surface area contributed by atoms with Gasteiger partial charge in [-0.1, -0.05) is 38.5 Å². The van der Waals surface area contributed by atoms with Crippen LogP contribution >= 0.6 is 0 Å². The van der Waals surface area contributed by atoms with Crippen LogP contribution in [0, 0.1) is 18.8 Å². The van der Waals surface area contributed by atoms with E-state index in [-0.39, 0.29) is 12.5 Å². The quantitative estimate of drug-likeness (QED) is 0.839. The minimum Gasteiger partial charge on any atom is -0.481 e. The molecule has 0 saturated heterocycles. The lowest BCUT2D eigenvalue weighted by Gasteiger charge is -2.25. The summed E-state index contributed by atoms with van der Waals surface area (Å²) in [6.07, 6.45) is 0.865.